The lowest BCUT2D eigenvalue weighted by Crippen LogP contribution is -3.08. The van der Waals surface area contributed by atoms with Gasteiger partial charge < -0.3 is 19.7 Å². The number of benzene rings is 2. The van der Waals surface area contributed by atoms with Crippen molar-refractivity contribution in [3.8, 4) is 11.5 Å². The fourth-order valence-electron chi connectivity index (χ4n) is 2.57. The van der Waals surface area contributed by atoms with Crippen LogP contribution in [0.15, 0.2) is 36.4 Å². The predicted molar refractivity (Wildman–Crippen MR) is 105 cm³/mol. The molecule has 0 aliphatic rings. The van der Waals surface area contributed by atoms with Gasteiger partial charge in [0.1, 0.15) is 6.54 Å². The maximum atomic E-state index is 12.2. The lowest BCUT2D eigenvalue weighted by Gasteiger charge is -2.16. The first kappa shape index (κ1) is 20.4. The van der Waals surface area contributed by atoms with Gasteiger partial charge in [0.25, 0.3) is 5.91 Å². The van der Waals surface area contributed by atoms with Crippen LogP contribution < -0.4 is 19.7 Å². The van der Waals surface area contributed by atoms with Crippen molar-refractivity contribution < 1.29 is 19.2 Å². The van der Waals surface area contributed by atoms with Crippen LogP contribution in [0.1, 0.15) is 12.5 Å². The highest BCUT2D eigenvalue weighted by atomic mass is 35.5. The molecule has 2 aromatic carbocycles. The molecule has 0 radical (unpaired) electrons. The summed E-state index contributed by atoms with van der Waals surface area (Å²) >= 11 is 11.9. The van der Waals surface area contributed by atoms with Gasteiger partial charge in [-0.25, -0.2) is 0 Å². The number of hydrogen-bond donors (Lipinski definition) is 2. The van der Waals surface area contributed by atoms with Crippen molar-refractivity contribution in [1.29, 1.82) is 0 Å². The standard InChI is InChI=1S/C19H22Cl2N2O3/c1-4-26-17-8-5-13(9-18(17)25-3)11-23(2)12-19(24)22-16-7-6-14(20)10-15(16)21/h5-10H,4,11-12H2,1-3H3,(H,22,24)/p+1. The normalized spacial score (nSPS) is 11.7. The van der Waals surface area contributed by atoms with E-state index in [9.17, 15) is 4.79 Å². The number of ether oxygens (including phenoxy) is 2. The molecule has 5 nitrogen and oxygen atoms in total. The molecule has 0 saturated carbocycles. The predicted octanol–water partition coefficient (Wildman–Crippen LogP) is 3.05. The molecule has 140 valence electrons. The Bertz CT molecular complexity index is 768. The molecule has 2 rings (SSSR count). The van der Waals surface area contributed by atoms with Crippen LogP contribution in [0, 0.1) is 0 Å². The van der Waals surface area contributed by atoms with E-state index in [1.54, 1.807) is 25.3 Å². The zero-order valence-corrected chi connectivity index (χ0v) is 16.6. The van der Waals surface area contributed by atoms with Crippen molar-refractivity contribution in [1.82, 2.24) is 0 Å². The Balaban J connectivity index is 1.95. The first-order chi connectivity index (χ1) is 12.4. The third-order valence-corrected chi connectivity index (χ3v) is 4.25. The summed E-state index contributed by atoms with van der Waals surface area (Å²) < 4.78 is 10.9. The highest BCUT2D eigenvalue weighted by Crippen LogP contribution is 2.28. The second kappa shape index (κ2) is 9.67. The van der Waals surface area contributed by atoms with Crippen LogP contribution in [-0.2, 0) is 11.3 Å². The molecule has 2 aromatic rings. The van der Waals surface area contributed by atoms with Gasteiger partial charge in [0.05, 0.1) is 31.5 Å². The quantitative estimate of drug-likeness (QED) is 0.719. The van der Waals surface area contributed by atoms with E-state index in [4.69, 9.17) is 32.7 Å². The van der Waals surface area contributed by atoms with Gasteiger partial charge >= 0.3 is 0 Å². The van der Waals surface area contributed by atoms with Crippen LogP contribution in [0.5, 0.6) is 11.5 Å². The Morgan fingerprint density at radius 2 is 1.92 bits per heavy atom. The molecule has 1 unspecified atom stereocenters. The van der Waals surface area contributed by atoms with Gasteiger partial charge in [-0.3, -0.25) is 4.79 Å². The summed E-state index contributed by atoms with van der Waals surface area (Å²) in [5.41, 5.74) is 1.61. The van der Waals surface area contributed by atoms with E-state index in [0.29, 0.717) is 46.9 Å². The molecule has 2 N–H and O–H groups in total. The van der Waals surface area contributed by atoms with E-state index >= 15 is 0 Å². The summed E-state index contributed by atoms with van der Waals surface area (Å²) in [4.78, 5) is 13.3. The average Bonchev–Trinajstić information content (AvgIpc) is 2.58. The Kier molecular flexibility index (Phi) is 7.57. The number of halogens is 2. The van der Waals surface area contributed by atoms with Crippen LogP contribution in [0.25, 0.3) is 0 Å². The van der Waals surface area contributed by atoms with Crippen LogP contribution in [0.2, 0.25) is 10.0 Å². The molecule has 0 heterocycles. The van der Waals surface area contributed by atoms with Gasteiger partial charge in [0.15, 0.2) is 18.0 Å². The minimum Gasteiger partial charge on any atom is -0.493 e. The Morgan fingerprint density at radius 1 is 1.15 bits per heavy atom. The van der Waals surface area contributed by atoms with Crippen molar-refractivity contribution in [2.24, 2.45) is 0 Å². The molecule has 0 fully saturated rings. The fourth-order valence-corrected chi connectivity index (χ4v) is 3.02. The van der Waals surface area contributed by atoms with Crippen LogP contribution in [-0.4, -0.2) is 33.2 Å². The molecule has 0 aliphatic heterocycles. The van der Waals surface area contributed by atoms with Crippen molar-refractivity contribution in [2.75, 3.05) is 32.6 Å². The summed E-state index contributed by atoms with van der Waals surface area (Å²) in [6.45, 7) is 3.48. The summed E-state index contributed by atoms with van der Waals surface area (Å²) in [6, 6.07) is 10.8. The lowest BCUT2D eigenvalue weighted by molar-refractivity contribution is -0.885. The second-order valence-corrected chi connectivity index (χ2v) is 6.74. The van der Waals surface area contributed by atoms with Gasteiger partial charge in [0.2, 0.25) is 0 Å². The molecule has 26 heavy (non-hydrogen) atoms. The number of nitrogens with one attached hydrogen (secondary N) is 2. The molecule has 0 aliphatic carbocycles. The van der Waals surface area contributed by atoms with Crippen LogP contribution >= 0.6 is 23.2 Å². The zero-order valence-electron chi connectivity index (χ0n) is 15.1. The summed E-state index contributed by atoms with van der Waals surface area (Å²) in [5.74, 6) is 1.28. The van der Waals surface area contributed by atoms with E-state index in [1.807, 2.05) is 32.2 Å². The minimum atomic E-state index is -0.121. The largest absolute Gasteiger partial charge is 0.493 e. The molecule has 0 bridgehead atoms. The highest BCUT2D eigenvalue weighted by molar-refractivity contribution is 6.36. The van der Waals surface area contributed by atoms with E-state index < -0.39 is 0 Å². The van der Waals surface area contributed by atoms with Crippen molar-refractivity contribution in [3.63, 3.8) is 0 Å². The van der Waals surface area contributed by atoms with Gasteiger partial charge in [0, 0.05) is 10.6 Å². The van der Waals surface area contributed by atoms with Crippen molar-refractivity contribution in [3.05, 3.63) is 52.0 Å². The van der Waals surface area contributed by atoms with Crippen LogP contribution in [0.4, 0.5) is 5.69 Å². The first-order valence-electron chi connectivity index (χ1n) is 8.28. The SMILES string of the molecule is CCOc1ccc(C[NH+](C)CC(=O)Nc2ccc(Cl)cc2Cl)cc1OC. The maximum absolute atomic E-state index is 12.2. The molecule has 0 aromatic heterocycles. The van der Waals surface area contributed by atoms with Crippen LogP contribution in [0.3, 0.4) is 0 Å². The third-order valence-electron chi connectivity index (χ3n) is 3.70. The fraction of sp³-hybridized carbons (Fsp3) is 0.316. The first-order valence-corrected chi connectivity index (χ1v) is 9.04. The average molecular weight is 398 g/mol. The molecule has 0 spiro atoms. The summed E-state index contributed by atoms with van der Waals surface area (Å²) in [7, 11) is 3.56. The van der Waals surface area contributed by atoms with Gasteiger partial charge in [-0.1, -0.05) is 23.2 Å². The lowest BCUT2D eigenvalue weighted by atomic mass is 10.2. The molecular formula is C19H23Cl2N2O3+. The molecule has 0 saturated heterocycles. The third kappa shape index (κ3) is 5.80. The smallest absolute Gasteiger partial charge is 0.279 e. The Labute approximate surface area is 163 Å². The van der Waals surface area contributed by atoms with Gasteiger partial charge in [-0.05, 0) is 43.3 Å². The summed E-state index contributed by atoms with van der Waals surface area (Å²) in [6.07, 6.45) is 0. The Hall–Kier alpha value is -1.95. The zero-order chi connectivity index (χ0) is 19.1. The van der Waals surface area contributed by atoms with E-state index in [1.165, 1.54) is 0 Å². The minimum absolute atomic E-state index is 0.121. The number of quaternary nitrogens is 1. The van der Waals surface area contributed by atoms with Crippen molar-refractivity contribution in [2.45, 2.75) is 13.5 Å². The molecule has 7 heteroatoms. The van der Waals surface area contributed by atoms with Gasteiger partial charge in [-0.2, -0.15) is 0 Å². The summed E-state index contributed by atoms with van der Waals surface area (Å²) in [5, 5.41) is 3.75. The number of likely N-dealkylation sites (N-methyl/N-ethyl adjacent to an activating group) is 1. The topological polar surface area (TPSA) is 52.0 Å². The number of hydrogen-bond acceptors (Lipinski definition) is 3. The maximum Gasteiger partial charge on any atom is 0.279 e. The number of amides is 1. The number of rotatable bonds is 8. The number of methoxy groups -OCH3 is 1. The number of carbonyl (C=O) groups excluding carboxylic acids is 1. The van der Waals surface area contributed by atoms with E-state index in [0.717, 1.165) is 10.5 Å². The monoisotopic (exact) mass is 397 g/mol. The number of anilines is 1. The molecule has 1 amide bonds. The highest BCUT2D eigenvalue weighted by Gasteiger charge is 2.14. The molecule has 1 atom stereocenters. The Morgan fingerprint density at radius 3 is 2.58 bits per heavy atom. The van der Waals surface area contributed by atoms with Gasteiger partial charge in [-0.15, -0.1) is 0 Å². The van der Waals surface area contributed by atoms with E-state index in [2.05, 4.69) is 5.32 Å². The van der Waals surface area contributed by atoms with Crippen molar-refractivity contribution >= 4 is 34.8 Å². The van der Waals surface area contributed by atoms with E-state index in [-0.39, 0.29) is 5.91 Å². The second-order valence-electron chi connectivity index (χ2n) is 5.90. The molecular weight excluding hydrogens is 375 g/mol. The number of carbonyl (C=O) groups is 1.